The highest BCUT2D eigenvalue weighted by Crippen LogP contribution is 2.36. The second-order valence-corrected chi connectivity index (χ2v) is 6.91. The van der Waals surface area contributed by atoms with E-state index in [9.17, 15) is 4.79 Å². The van der Waals surface area contributed by atoms with Crippen LogP contribution in [0.15, 0.2) is 47.0 Å². The van der Waals surface area contributed by atoms with Crippen molar-refractivity contribution >= 4 is 11.6 Å². The van der Waals surface area contributed by atoms with Crippen LogP contribution in [0.25, 0.3) is 11.5 Å². The lowest BCUT2D eigenvalue weighted by molar-refractivity contribution is -0.117. The third-order valence-electron chi connectivity index (χ3n) is 5.23. The summed E-state index contributed by atoms with van der Waals surface area (Å²) in [5.74, 6) is 2.11. The lowest BCUT2D eigenvalue weighted by atomic mass is 10.1. The van der Waals surface area contributed by atoms with Crippen molar-refractivity contribution in [1.82, 2.24) is 10.1 Å². The van der Waals surface area contributed by atoms with Crippen LogP contribution in [-0.2, 0) is 11.2 Å². The number of aromatic nitrogens is 2. The zero-order valence-corrected chi connectivity index (χ0v) is 16.7. The number of ether oxygens (including phenoxy) is 2. The third-order valence-corrected chi connectivity index (χ3v) is 5.23. The van der Waals surface area contributed by atoms with E-state index in [4.69, 9.17) is 14.0 Å². The molecule has 150 valence electrons. The van der Waals surface area contributed by atoms with Gasteiger partial charge in [0.15, 0.2) is 5.82 Å². The summed E-state index contributed by atoms with van der Waals surface area (Å²) in [6.45, 7) is 2.62. The molecule has 29 heavy (non-hydrogen) atoms. The predicted molar refractivity (Wildman–Crippen MR) is 108 cm³/mol. The molecule has 1 aliphatic rings. The number of para-hydroxylation sites is 1. The van der Waals surface area contributed by atoms with Gasteiger partial charge in [-0.05, 0) is 30.2 Å². The van der Waals surface area contributed by atoms with Gasteiger partial charge in [-0.1, -0.05) is 30.3 Å². The second kappa shape index (κ2) is 7.95. The Morgan fingerprint density at radius 2 is 2.00 bits per heavy atom. The Labute approximate surface area is 169 Å². The molecule has 0 saturated carbocycles. The monoisotopic (exact) mass is 393 g/mol. The number of aryl methyl sites for hydroxylation is 1. The van der Waals surface area contributed by atoms with Gasteiger partial charge in [0.25, 0.3) is 5.89 Å². The van der Waals surface area contributed by atoms with Crippen LogP contribution in [0.5, 0.6) is 11.5 Å². The van der Waals surface area contributed by atoms with Crippen LogP contribution in [0, 0.1) is 0 Å². The van der Waals surface area contributed by atoms with Gasteiger partial charge in [0.2, 0.25) is 5.91 Å². The Hall–Kier alpha value is -3.35. The largest absolute Gasteiger partial charge is 0.497 e. The van der Waals surface area contributed by atoms with Gasteiger partial charge in [-0.3, -0.25) is 4.79 Å². The van der Waals surface area contributed by atoms with Crippen molar-refractivity contribution in [3.63, 3.8) is 0 Å². The van der Waals surface area contributed by atoms with Crippen LogP contribution in [0.3, 0.4) is 0 Å². The number of carbonyl (C=O) groups excluding carboxylic acids is 1. The zero-order chi connectivity index (χ0) is 20.4. The van der Waals surface area contributed by atoms with Gasteiger partial charge >= 0.3 is 0 Å². The van der Waals surface area contributed by atoms with Crippen LogP contribution in [0.2, 0.25) is 0 Å². The first-order valence-electron chi connectivity index (χ1n) is 9.58. The molecular formula is C22H23N3O4. The van der Waals surface area contributed by atoms with Crippen LogP contribution in [0.1, 0.15) is 30.7 Å². The number of benzene rings is 2. The molecular weight excluding hydrogens is 370 g/mol. The number of rotatable bonds is 6. The second-order valence-electron chi connectivity index (χ2n) is 6.91. The SMILES string of the molecule is CCc1ccccc1N1CC(c2noc(-c3ccc(OC)cc3OC)n2)CC1=O. The summed E-state index contributed by atoms with van der Waals surface area (Å²) < 4.78 is 16.1. The lowest BCUT2D eigenvalue weighted by Gasteiger charge is -2.19. The summed E-state index contributed by atoms with van der Waals surface area (Å²) in [7, 11) is 3.17. The average Bonchev–Trinajstić information content (AvgIpc) is 3.40. The zero-order valence-electron chi connectivity index (χ0n) is 16.7. The minimum atomic E-state index is -0.117. The highest BCUT2D eigenvalue weighted by Gasteiger charge is 2.35. The quantitative estimate of drug-likeness (QED) is 0.633. The summed E-state index contributed by atoms with van der Waals surface area (Å²) in [5.41, 5.74) is 2.80. The highest BCUT2D eigenvalue weighted by molar-refractivity contribution is 5.97. The van der Waals surface area contributed by atoms with E-state index in [1.807, 2.05) is 35.2 Å². The summed E-state index contributed by atoms with van der Waals surface area (Å²) in [5, 5.41) is 4.15. The van der Waals surface area contributed by atoms with Crippen molar-refractivity contribution in [2.75, 3.05) is 25.7 Å². The third kappa shape index (κ3) is 3.55. The van der Waals surface area contributed by atoms with Gasteiger partial charge in [0.05, 0.1) is 19.8 Å². The molecule has 2 heterocycles. The molecule has 0 spiro atoms. The summed E-state index contributed by atoms with van der Waals surface area (Å²) in [6.07, 6.45) is 1.23. The van der Waals surface area contributed by atoms with Gasteiger partial charge in [-0.2, -0.15) is 4.98 Å². The molecule has 1 unspecified atom stereocenters. The fraction of sp³-hybridized carbons (Fsp3) is 0.318. The number of hydrogen-bond donors (Lipinski definition) is 0. The molecule has 2 aromatic carbocycles. The Bertz CT molecular complexity index is 1030. The highest BCUT2D eigenvalue weighted by atomic mass is 16.5. The molecule has 0 N–H and O–H groups in total. The van der Waals surface area contributed by atoms with E-state index in [1.54, 1.807) is 20.3 Å². The van der Waals surface area contributed by atoms with Crippen molar-refractivity contribution in [2.24, 2.45) is 0 Å². The molecule has 0 radical (unpaired) electrons. The van der Waals surface area contributed by atoms with Crippen molar-refractivity contribution in [1.29, 1.82) is 0 Å². The fourth-order valence-electron chi connectivity index (χ4n) is 3.67. The van der Waals surface area contributed by atoms with Gasteiger partial charge in [-0.25, -0.2) is 0 Å². The number of methoxy groups -OCH3 is 2. The smallest absolute Gasteiger partial charge is 0.261 e. The first-order chi connectivity index (χ1) is 14.1. The van der Waals surface area contributed by atoms with Gasteiger partial charge < -0.3 is 18.9 Å². The number of nitrogens with zero attached hydrogens (tertiary/aromatic N) is 3. The molecule has 1 saturated heterocycles. The summed E-state index contributed by atoms with van der Waals surface area (Å²) >= 11 is 0. The van der Waals surface area contributed by atoms with E-state index in [1.165, 1.54) is 0 Å². The van der Waals surface area contributed by atoms with Crippen LogP contribution < -0.4 is 14.4 Å². The number of amides is 1. The molecule has 7 nitrogen and oxygen atoms in total. The van der Waals surface area contributed by atoms with E-state index < -0.39 is 0 Å². The molecule has 0 aliphatic carbocycles. The molecule has 4 rings (SSSR count). The normalized spacial score (nSPS) is 16.3. The Morgan fingerprint density at radius 3 is 2.76 bits per heavy atom. The van der Waals surface area contributed by atoms with Gasteiger partial charge in [-0.15, -0.1) is 0 Å². The summed E-state index contributed by atoms with van der Waals surface area (Å²) in [6, 6.07) is 13.4. The number of hydrogen-bond acceptors (Lipinski definition) is 6. The Morgan fingerprint density at radius 1 is 1.17 bits per heavy atom. The van der Waals surface area contributed by atoms with E-state index in [2.05, 4.69) is 23.1 Å². The maximum atomic E-state index is 12.7. The van der Waals surface area contributed by atoms with Gasteiger partial charge in [0.1, 0.15) is 11.5 Å². The topological polar surface area (TPSA) is 77.7 Å². The van der Waals surface area contributed by atoms with E-state index in [0.29, 0.717) is 41.7 Å². The van der Waals surface area contributed by atoms with Crippen LogP contribution in [0.4, 0.5) is 5.69 Å². The molecule has 0 bridgehead atoms. The van der Waals surface area contributed by atoms with Crippen molar-refractivity contribution in [3.8, 4) is 23.0 Å². The summed E-state index contributed by atoms with van der Waals surface area (Å²) in [4.78, 5) is 19.1. The van der Waals surface area contributed by atoms with Crippen molar-refractivity contribution < 1.29 is 18.8 Å². The molecule has 1 aliphatic heterocycles. The fourth-order valence-corrected chi connectivity index (χ4v) is 3.67. The average molecular weight is 393 g/mol. The lowest BCUT2D eigenvalue weighted by Crippen LogP contribution is -2.25. The first kappa shape index (κ1) is 19.0. The van der Waals surface area contributed by atoms with Crippen LogP contribution >= 0.6 is 0 Å². The van der Waals surface area contributed by atoms with E-state index in [0.717, 1.165) is 17.7 Å². The standard InChI is InChI=1S/C22H23N3O4/c1-4-14-7-5-6-8-18(14)25-13-15(11-20(25)26)21-23-22(29-24-21)17-10-9-16(27-2)12-19(17)28-3/h5-10,12,15H,4,11,13H2,1-3H3. The molecule has 1 fully saturated rings. The molecule has 7 heteroatoms. The minimum absolute atomic E-state index is 0.0734. The molecule has 3 aromatic rings. The Balaban J connectivity index is 1.59. The molecule has 1 amide bonds. The minimum Gasteiger partial charge on any atom is -0.497 e. The number of anilines is 1. The van der Waals surface area contributed by atoms with E-state index >= 15 is 0 Å². The van der Waals surface area contributed by atoms with Crippen LogP contribution in [-0.4, -0.2) is 36.8 Å². The van der Waals surface area contributed by atoms with E-state index in [-0.39, 0.29) is 11.8 Å². The van der Waals surface area contributed by atoms with Gasteiger partial charge in [0, 0.05) is 30.6 Å². The van der Waals surface area contributed by atoms with Crippen molar-refractivity contribution in [3.05, 3.63) is 53.9 Å². The number of carbonyl (C=O) groups is 1. The van der Waals surface area contributed by atoms with Crippen molar-refractivity contribution in [2.45, 2.75) is 25.7 Å². The molecule has 1 aromatic heterocycles. The maximum absolute atomic E-state index is 12.7. The predicted octanol–water partition coefficient (Wildman–Crippen LogP) is 3.84. The molecule has 1 atom stereocenters. The Kier molecular flexibility index (Phi) is 5.20. The first-order valence-corrected chi connectivity index (χ1v) is 9.58. The maximum Gasteiger partial charge on any atom is 0.261 e.